The Bertz CT molecular complexity index is 428. The van der Waals surface area contributed by atoms with Crippen molar-refractivity contribution in [1.82, 2.24) is 19.6 Å². The van der Waals surface area contributed by atoms with Crippen molar-refractivity contribution in [2.45, 2.75) is 39.5 Å². The maximum absolute atomic E-state index is 4.55. The molecule has 0 aliphatic heterocycles. The monoisotopic (exact) mass is 204 g/mol. The predicted octanol–water partition coefficient (Wildman–Crippen LogP) is 2.37. The Morgan fingerprint density at radius 1 is 1.13 bits per heavy atom. The van der Waals surface area contributed by atoms with E-state index in [-0.39, 0.29) is 0 Å². The van der Waals surface area contributed by atoms with E-state index in [1.807, 2.05) is 4.40 Å². The molecular formula is C11H16N4. The normalized spacial score (nSPS) is 11.9. The molecule has 0 radical (unpaired) electrons. The van der Waals surface area contributed by atoms with E-state index in [4.69, 9.17) is 0 Å². The van der Waals surface area contributed by atoms with Crippen LogP contribution < -0.4 is 0 Å². The van der Waals surface area contributed by atoms with Gasteiger partial charge in [0.05, 0.1) is 5.69 Å². The number of fused-ring (bicyclic) bond motifs is 1. The van der Waals surface area contributed by atoms with Crippen LogP contribution in [0.2, 0.25) is 0 Å². The fourth-order valence-electron chi connectivity index (χ4n) is 1.70. The molecule has 2 heterocycles. The lowest BCUT2D eigenvalue weighted by Crippen LogP contribution is -2.05. The molecule has 15 heavy (non-hydrogen) atoms. The van der Waals surface area contributed by atoms with Crippen LogP contribution >= 0.6 is 0 Å². The zero-order valence-corrected chi connectivity index (χ0v) is 9.60. The van der Waals surface area contributed by atoms with E-state index in [2.05, 4.69) is 49.1 Å². The van der Waals surface area contributed by atoms with Gasteiger partial charge in [0.2, 0.25) is 0 Å². The molecule has 0 fully saturated rings. The van der Waals surface area contributed by atoms with Crippen LogP contribution in [0.3, 0.4) is 0 Å². The Morgan fingerprint density at radius 3 is 2.47 bits per heavy atom. The van der Waals surface area contributed by atoms with Crippen molar-refractivity contribution in [3.8, 4) is 0 Å². The van der Waals surface area contributed by atoms with Crippen molar-refractivity contribution in [1.29, 1.82) is 0 Å². The molecule has 0 bridgehead atoms. The molecule has 2 aromatic rings. The van der Waals surface area contributed by atoms with Crippen molar-refractivity contribution < 1.29 is 0 Å². The molecule has 2 aromatic heterocycles. The van der Waals surface area contributed by atoms with Gasteiger partial charge in [0.1, 0.15) is 6.33 Å². The van der Waals surface area contributed by atoms with Gasteiger partial charge < -0.3 is 0 Å². The minimum atomic E-state index is 0.420. The van der Waals surface area contributed by atoms with Gasteiger partial charge in [-0.1, -0.05) is 27.7 Å². The van der Waals surface area contributed by atoms with E-state index in [0.717, 1.165) is 5.69 Å². The summed E-state index contributed by atoms with van der Waals surface area (Å²) in [5.74, 6) is 1.58. The zero-order valence-electron chi connectivity index (χ0n) is 9.60. The van der Waals surface area contributed by atoms with Gasteiger partial charge in [-0.05, 0) is 17.4 Å². The molecule has 80 valence electrons. The first-order valence-electron chi connectivity index (χ1n) is 5.29. The van der Waals surface area contributed by atoms with Gasteiger partial charge in [-0.25, -0.2) is 4.98 Å². The Kier molecular flexibility index (Phi) is 2.42. The van der Waals surface area contributed by atoms with E-state index in [0.29, 0.717) is 17.6 Å². The second kappa shape index (κ2) is 3.61. The molecule has 0 spiro atoms. The summed E-state index contributed by atoms with van der Waals surface area (Å²) in [6, 6.07) is 0. The van der Waals surface area contributed by atoms with Crippen molar-refractivity contribution in [3.63, 3.8) is 0 Å². The van der Waals surface area contributed by atoms with Crippen molar-refractivity contribution >= 4 is 5.78 Å². The fraction of sp³-hybridized carbons (Fsp3) is 0.545. The smallest absolute Gasteiger partial charge is 0.255 e. The molecule has 0 aromatic carbocycles. The van der Waals surface area contributed by atoms with Gasteiger partial charge in [-0.3, -0.25) is 4.40 Å². The average molecular weight is 204 g/mol. The highest BCUT2D eigenvalue weighted by Gasteiger charge is 2.13. The third-order valence-corrected chi connectivity index (χ3v) is 2.52. The van der Waals surface area contributed by atoms with Crippen molar-refractivity contribution in [2.24, 2.45) is 0 Å². The summed E-state index contributed by atoms with van der Waals surface area (Å²) in [5, 5.41) is 7.82. The summed E-state index contributed by atoms with van der Waals surface area (Å²) in [5.41, 5.74) is 2.41. The SMILES string of the molecule is CC(C)c1cn2cnnc2nc1C(C)C. The van der Waals surface area contributed by atoms with Gasteiger partial charge in [-0.2, -0.15) is 0 Å². The molecule has 2 rings (SSSR count). The maximum atomic E-state index is 4.55. The second-order valence-corrected chi connectivity index (χ2v) is 4.43. The first-order chi connectivity index (χ1) is 7.09. The van der Waals surface area contributed by atoms with Crippen molar-refractivity contribution in [2.75, 3.05) is 0 Å². The molecule has 0 amide bonds. The topological polar surface area (TPSA) is 43.1 Å². The summed E-state index contributed by atoms with van der Waals surface area (Å²) in [4.78, 5) is 4.55. The Hall–Kier alpha value is -1.45. The quantitative estimate of drug-likeness (QED) is 0.754. The molecule has 0 saturated carbocycles. The molecular weight excluding hydrogens is 188 g/mol. The maximum Gasteiger partial charge on any atom is 0.255 e. The molecule has 0 N–H and O–H groups in total. The average Bonchev–Trinajstić information content (AvgIpc) is 2.61. The van der Waals surface area contributed by atoms with Crippen LogP contribution in [-0.4, -0.2) is 19.6 Å². The van der Waals surface area contributed by atoms with Crippen LogP contribution in [0.25, 0.3) is 5.78 Å². The van der Waals surface area contributed by atoms with Crippen LogP contribution in [0.15, 0.2) is 12.5 Å². The number of rotatable bonds is 2. The molecule has 4 nitrogen and oxygen atoms in total. The molecule has 4 heteroatoms. The van der Waals surface area contributed by atoms with E-state index >= 15 is 0 Å². The number of nitrogens with zero attached hydrogens (tertiary/aromatic N) is 4. The minimum absolute atomic E-state index is 0.420. The number of hydrogen-bond donors (Lipinski definition) is 0. The van der Waals surface area contributed by atoms with Crippen LogP contribution in [-0.2, 0) is 0 Å². The largest absolute Gasteiger partial charge is 0.273 e. The second-order valence-electron chi connectivity index (χ2n) is 4.43. The molecule has 0 unspecified atom stereocenters. The lowest BCUT2D eigenvalue weighted by Gasteiger charge is -2.14. The summed E-state index contributed by atoms with van der Waals surface area (Å²) < 4.78 is 1.88. The Balaban J connectivity index is 2.68. The van der Waals surface area contributed by atoms with Gasteiger partial charge in [0.15, 0.2) is 0 Å². The Morgan fingerprint density at radius 2 is 1.87 bits per heavy atom. The molecule has 0 aliphatic rings. The van der Waals surface area contributed by atoms with E-state index in [1.165, 1.54) is 5.56 Å². The zero-order chi connectivity index (χ0) is 11.0. The highest BCUT2D eigenvalue weighted by molar-refractivity contribution is 5.34. The molecule has 0 atom stereocenters. The van der Waals surface area contributed by atoms with Gasteiger partial charge in [0, 0.05) is 6.20 Å². The third kappa shape index (κ3) is 1.71. The Labute approximate surface area is 89.4 Å². The molecule has 0 saturated heterocycles. The standard InChI is InChI=1S/C11H16N4/c1-7(2)9-5-15-6-12-14-11(15)13-10(9)8(3)4/h5-8H,1-4H3. The van der Waals surface area contributed by atoms with E-state index < -0.39 is 0 Å². The van der Waals surface area contributed by atoms with Crippen LogP contribution in [0.4, 0.5) is 0 Å². The van der Waals surface area contributed by atoms with Crippen molar-refractivity contribution in [3.05, 3.63) is 23.8 Å². The van der Waals surface area contributed by atoms with Crippen LogP contribution in [0.1, 0.15) is 50.8 Å². The summed E-state index contributed by atoms with van der Waals surface area (Å²) in [7, 11) is 0. The highest BCUT2D eigenvalue weighted by atomic mass is 15.3. The highest BCUT2D eigenvalue weighted by Crippen LogP contribution is 2.24. The third-order valence-electron chi connectivity index (χ3n) is 2.52. The first kappa shape index (κ1) is 10.1. The lowest BCUT2D eigenvalue weighted by molar-refractivity contribution is 0.747. The first-order valence-corrected chi connectivity index (χ1v) is 5.29. The predicted molar refractivity (Wildman–Crippen MR) is 59.0 cm³/mol. The van der Waals surface area contributed by atoms with Gasteiger partial charge in [-0.15, -0.1) is 10.2 Å². The summed E-state index contributed by atoms with van der Waals surface area (Å²) in [6.07, 6.45) is 3.78. The van der Waals surface area contributed by atoms with Gasteiger partial charge in [0.25, 0.3) is 5.78 Å². The summed E-state index contributed by atoms with van der Waals surface area (Å²) in [6.45, 7) is 8.67. The fourth-order valence-corrected chi connectivity index (χ4v) is 1.70. The van der Waals surface area contributed by atoms with E-state index in [9.17, 15) is 0 Å². The van der Waals surface area contributed by atoms with E-state index in [1.54, 1.807) is 6.33 Å². The number of hydrogen-bond acceptors (Lipinski definition) is 3. The summed E-state index contributed by atoms with van der Waals surface area (Å²) >= 11 is 0. The van der Waals surface area contributed by atoms with Gasteiger partial charge >= 0.3 is 0 Å². The van der Waals surface area contributed by atoms with Crippen LogP contribution in [0.5, 0.6) is 0 Å². The number of aromatic nitrogens is 4. The van der Waals surface area contributed by atoms with Crippen LogP contribution in [0, 0.1) is 0 Å². The lowest BCUT2D eigenvalue weighted by atomic mass is 9.97. The molecule has 0 aliphatic carbocycles. The minimum Gasteiger partial charge on any atom is -0.273 e.